The molecule has 1 N–H and O–H groups in total. The number of nitrogens with one attached hydrogen (secondary N) is 1. The summed E-state index contributed by atoms with van der Waals surface area (Å²) in [6, 6.07) is 8.25. The van der Waals surface area contributed by atoms with E-state index in [-0.39, 0.29) is 5.97 Å². The van der Waals surface area contributed by atoms with E-state index in [1.807, 2.05) is 31.5 Å². The first-order chi connectivity index (χ1) is 9.81. The molecule has 0 aliphatic carbocycles. The van der Waals surface area contributed by atoms with Gasteiger partial charge in [0.15, 0.2) is 0 Å². The first-order valence-corrected chi connectivity index (χ1v) is 6.99. The fraction of sp³-hybridized carbons (Fsp3) is 0.375. The van der Waals surface area contributed by atoms with E-state index in [1.165, 1.54) is 10.9 Å². The molecular formula is C16H20N2O2. The van der Waals surface area contributed by atoms with Crippen LogP contribution in [0.3, 0.4) is 0 Å². The SMILES string of the molecule is CCOC(=O)CCCNCc1cccc2cnccc12. The molecule has 0 saturated carbocycles. The molecule has 4 nitrogen and oxygen atoms in total. The number of fused-ring (bicyclic) bond motifs is 1. The van der Waals surface area contributed by atoms with Gasteiger partial charge in [0.25, 0.3) is 0 Å². The van der Waals surface area contributed by atoms with Gasteiger partial charge in [0, 0.05) is 30.7 Å². The van der Waals surface area contributed by atoms with Crippen molar-refractivity contribution in [2.45, 2.75) is 26.3 Å². The summed E-state index contributed by atoms with van der Waals surface area (Å²) in [5.41, 5.74) is 1.25. The fourth-order valence-corrected chi connectivity index (χ4v) is 2.16. The van der Waals surface area contributed by atoms with E-state index in [1.54, 1.807) is 0 Å². The van der Waals surface area contributed by atoms with Crippen LogP contribution in [-0.4, -0.2) is 24.1 Å². The molecule has 0 radical (unpaired) electrons. The second kappa shape index (κ2) is 7.60. The largest absolute Gasteiger partial charge is 0.466 e. The van der Waals surface area contributed by atoms with Crippen LogP contribution in [0.15, 0.2) is 36.7 Å². The summed E-state index contributed by atoms with van der Waals surface area (Å²) < 4.78 is 4.89. The van der Waals surface area contributed by atoms with Crippen LogP contribution < -0.4 is 5.32 Å². The molecule has 106 valence electrons. The Hall–Kier alpha value is -1.94. The zero-order valence-corrected chi connectivity index (χ0v) is 11.8. The maximum absolute atomic E-state index is 11.2. The minimum absolute atomic E-state index is 0.120. The predicted molar refractivity (Wildman–Crippen MR) is 79.3 cm³/mol. The Morgan fingerprint density at radius 1 is 1.35 bits per heavy atom. The highest BCUT2D eigenvalue weighted by molar-refractivity contribution is 5.84. The molecule has 0 bridgehead atoms. The van der Waals surface area contributed by atoms with Crippen LogP contribution in [-0.2, 0) is 16.1 Å². The molecule has 0 amide bonds. The van der Waals surface area contributed by atoms with Crippen molar-refractivity contribution in [2.24, 2.45) is 0 Å². The van der Waals surface area contributed by atoms with Crippen LogP contribution in [0.25, 0.3) is 10.8 Å². The number of esters is 1. The van der Waals surface area contributed by atoms with Gasteiger partial charge in [-0.1, -0.05) is 18.2 Å². The Bertz CT molecular complexity index is 564. The number of hydrogen-bond acceptors (Lipinski definition) is 4. The topological polar surface area (TPSA) is 51.2 Å². The lowest BCUT2D eigenvalue weighted by Crippen LogP contribution is -2.16. The fourth-order valence-electron chi connectivity index (χ4n) is 2.16. The van der Waals surface area contributed by atoms with Crippen molar-refractivity contribution in [2.75, 3.05) is 13.2 Å². The number of hydrogen-bond donors (Lipinski definition) is 1. The van der Waals surface area contributed by atoms with Gasteiger partial charge in [-0.2, -0.15) is 0 Å². The van der Waals surface area contributed by atoms with Crippen molar-refractivity contribution in [3.63, 3.8) is 0 Å². The number of carbonyl (C=O) groups is 1. The number of rotatable bonds is 7. The van der Waals surface area contributed by atoms with Crippen LogP contribution in [0, 0.1) is 0 Å². The second-order valence-electron chi connectivity index (χ2n) is 4.60. The number of carbonyl (C=O) groups excluding carboxylic acids is 1. The number of aromatic nitrogens is 1. The van der Waals surface area contributed by atoms with Gasteiger partial charge in [-0.3, -0.25) is 9.78 Å². The first kappa shape index (κ1) is 14.5. The van der Waals surface area contributed by atoms with Gasteiger partial charge in [0.2, 0.25) is 0 Å². The molecule has 4 heteroatoms. The summed E-state index contributed by atoms with van der Waals surface area (Å²) in [5.74, 6) is -0.120. The number of pyridine rings is 1. The molecular weight excluding hydrogens is 252 g/mol. The average molecular weight is 272 g/mol. The van der Waals surface area contributed by atoms with E-state index in [0.29, 0.717) is 13.0 Å². The normalized spacial score (nSPS) is 10.7. The standard InChI is InChI=1S/C16H20N2O2/c1-2-20-16(19)7-4-9-17-11-13-5-3-6-14-12-18-10-8-15(13)14/h3,5-6,8,10,12,17H,2,4,7,9,11H2,1H3. The van der Waals surface area contributed by atoms with E-state index < -0.39 is 0 Å². The van der Waals surface area contributed by atoms with Crippen molar-refractivity contribution < 1.29 is 9.53 Å². The second-order valence-corrected chi connectivity index (χ2v) is 4.60. The Balaban J connectivity index is 1.80. The molecule has 1 aromatic heterocycles. The lowest BCUT2D eigenvalue weighted by molar-refractivity contribution is -0.143. The molecule has 1 heterocycles. The van der Waals surface area contributed by atoms with Crippen LogP contribution in [0.5, 0.6) is 0 Å². The van der Waals surface area contributed by atoms with Crippen molar-refractivity contribution in [3.05, 3.63) is 42.2 Å². The Labute approximate surface area is 119 Å². The highest BCUT2D eigenvalue weighted by atomic mass is 16.5. The molecule has 1 aromatic carbocycles. The molecule has 0 aliphatic heterocycles. The number of nitrogens with zero attached hydrogens (tertiary/aromatic N) is 1. The van der Waals surface area contributed by atoms with Gasteiger partial charge in [0.05, 0.1) is 6.61 Å². The molecule has 2 aromatic rings. The van der Waals surface area contributed by atoms with E-state index in [2.05, 4.69) is 22.4 Å². The monoisotopic (exact) mass is 272 g/mol. The van der Waals surface area contributed by atoms with Crippen molar-refractivity contribution >= 4 is 16.7 Å². The Kier molecular flexibility index (Phi) is 5.50. The number of benzene rings is 1. The molecule has 0 saturated heterocycles. The van der Waals surface area contributed by atoms with Gasteiger partial charge < -0.3 is 10.1 Å². The summed E-state index contributed by atoms with van der Waals surface area (Å²) in [4.78, 5) is 15.3. The summed E-state index contributed by atoms with van der Waals surface area (Å²) in [6.45, 7) is 3.88. The predicted octanol–water partition coefficient (Wildman–Crippen LogP) is 2.67. The van der Waals surface area contributed by atoms with Gasteiger partial charge in [0.1, 0.15) is 0 Å². The van der Waals surface area contributed by atoms with Crippen molar-refractivity contribution in [1.29, 1.82) is 0 Å². The Morgan fingerprint density at radius 3 is 3.10 bits per heavy atom. The number of ether oxygens (including phenoxy) is 1. The van der Waals surface area contributed by atoms with Crippen molar-refractivity contribution in [1.82, 2.24) is 10.3 Å². The van der Waals surface area contributed by atoms with Gasteiger partial charge >= 0.3 is 5.97 Å². The van der Waals surface area contributed by atoms with Crippen molar-refractivity contribution in [3.8, 4) is 0 Å². The quantitative estimate of drug-likeness (QED) is 0.622. The third kappa shape index (κ3) is 4.03. The van der Waals surface area contributed by atoms with E-state index >= 15 is 0 Å². The average Bonchev–Trinajstić information content (AvgIpc) is 2.47. The van der Waals surface area contributed by atoms with Crippen LogP contribution in [0.2, 0.25) is 0 Å². The molecule has 0 spiro atoms. The minimum Gasteiger partial charge on any atom is -0.466 e. The third-order valence-corrected chi connectivity index (χ3v) is 3.13. The van der Waals surface area contributed by atoms with E-state index in [4.69, 9.17) is 4.74 Å². The summed E-state index contributed by atoms with van der Waals surface area (Å²) >= 11 is 0. The molecule has 0 atom stereocenters. The zero-order valence-electron chi connectivity index (χ0n) is 11.8. The highest BCUT2D eigenvalue weighted by Gasteiger charge is 2.02. The lowest BCUT2D eigenvalue weighted by atomic mass is 10.1. The molecule has 0 aliphatic rings. The van der Waals surface area contributed by atoms with Gasteiger partial charge in [-0.15, -0.1) is 0 Å². The van der Waals surface area contributed by atoms with Gasteiger partial charge in [-0.25, -0.2) is 0 Å². The maximum atomic E-state index is 11.2. The molecule has 0 fully saturated rings. The van der Waals surface area contributed by atoms with Crippen LogP contribution in [0.1, 0.15) is 25.3 Å². The molecule has 2 rings (SSSR count). The molecule has 20 heavy (non-hydrogen) atoms. The zero-order chi connectivity index (χ0) is 14.2. The van der Waals surface area contributed by atoms with E-state index in [0.717, 1.165) is 24.9 Å². The maximum Gasteiger partial charge on any atom is 0.305 e. The highest BCUT2D eigenvalue weighted by Crippen LogP contribution is 2.17. The summed E-state index contributed by atoms with van der Waals surface area (Å²) in [5, 5.41) is 5.74. The first-order valence-electron chi connectivity index (χ1n) is 6.99. The lowest BCUT2D eigenvalue weighted by Gasteiger charge is -2.08. The molecule has 0 unspecified atom stereocenters. The summed E-state index contributed by atoms with van der Waals surface area (Å²) in [7, 11) is 0. The summed E-state index contributed by atoms with van der Waals surface area (Å²) in [6.07, 6.45) is 4.96. The van der Waals surface area contributed by atoms with Gasteiger partial charge in [-0.05, 0) is 36.9 Å². The third-order valence-electron chi connectivity index (χ3n) is 3.13. The smallest absolute Gasteiger partial charge is 0.305 e. The van der Waals surface area contributed by atoms with Crippen LogP contribution >= 0.6 is 0 Å². The Morgan fingerprint density at radius 2 is 2.25 bits per heavy atom. The van der Waals surface area contributed by atoms with Crippen LogP contribution in [0.4, 0.5) is 0 Å². The van der Waals surface area contributed by atoms with E-state index in [9.17, 15) is 4.79 Å². The minimum atomic E-state index is -0.120.